The molecule has 0 saturated carbocycles. The van der Waals surface area contributed by atoms with E-state index in [-0.39, 0.29) is 0 Å². The van der Waals surface area contributed by atoms with Gasteiger partial charge in [-0.2, -0.15) is 5.10 Å². The molecule has 5 nitrogen and oxygen atoms in total. The molecule has 5 heteroatoms. The van der Waals surface area contributed by atoms with Crippen LogP contribution in [0, 0.1) is 20.8 Å². The van der Waals surface area contributed by atoms with Crippen molar-refractivity contribution in [2.24, 2.45) is 0 Å². The van der Waals surface area contributed by atoms with Crippen LogP contribution in [0.2, 0.25) is 0 Å². The van der Waals surface area contributed by atoms with Gasteiger partial charge in [0.1, 0.15) is 11.5 Å². The fraction of sp³-hybridized carbons (Fsp3) is 0.462. The van der Waals surface area contributed by atoms with Crippen LogP contribution < -0.4 is 0 Å². The van der Waals surface area contributed by atoms with Gasteiger partial charge in [-0.15, -0.1) is 10.2 Å². The molecule has 0 bridgehead atoms. The number of nitrogens with zero attached hydrogens (tertiary/aromatic N) is 5. The van der Waals surface area contributed by atoms with Gasteiger partial charge >= 0.3 is 0 Å². The average molecular weight is 243 g/mol. The molecule has 0 amide bonds. The van der Waals surface area contributed by atoms with Crippen molar-refractivity contribution in [3.63, 3.8) is 0 Å². The Hall–Kier alpha value is -1.91. The maximum atomic E-state index is 4.65. The lowest BCUT2D eigenvalue weighted by molar-refractivity contribution is 0.609. The van der Waals surface area contributed by atoms with E-state index in [2.05, 4.69) is 51.2 Å². The smallest absolute Gasteiger partial charge is 0.162 e. The van der Waals surface area contributed by atoms with Gasteiger partial charge in [0.2, 0.25) is 0 Å². The van der Waals surface area contributed by atoms with Gasteiger partial charge in [0.25, 0.3) is 0 Å². The van der Waals surface area contributed by atoms with E-state index < -0.39 is 0 Å². The van der Waals surface area contributed by atoms with E-state index in [1.807, 2.05) is 6.92 Å². The van der Waals surface area contributed by atoms with Crippen LogP contribution in [0.25, 0.3) is 16.7 Å². The molecule has 0 aromatic carbocycles. The summed E-state index contributed by atoms with van der Waals surface area (Å²) in [7, 11) is 0. The number of hydrogen-bond acceptors (Lipinski definition) is 3. The van der Waals surface area contributed by atoms with Crippen LogP contribution in [0.5, 0.6) is 0 Å². The number of fused-ring (bicyclic) bond motifs is 3. The summed E-state index contributed by atoms with van der Waals surface area (Å²) in [5.74, 6) is 0.909. The molecular formula is C13H17N5. The topological polar surface area (TPSA) is 48.0 Å². The van der Waals surface area contributed by atoms with Crippen LogP contribution in [-0.2, 0) is 6.54 Å². The number of aromatic nitrogens is 5. The van der Waals surface area contributed by atoms with Gasteiger partial charge in [0, 0.05) is 11.9 Å². The third-order valence-electron chi connectivity index (χ3n) is 3.34. The van der Waals surface area contributed by atoms with Crippen molar-refractivity contribution >= 4 is 16.7 Å². The lowest BCUT2D eigenvalue weighted by atomic mass is 10.1. The zero-order valence-electron chi connectivity index (χ0n) is 11.2. The minimum absolute atomic E-state index is 0.898. The molecule has 0 atom stereocenters. The van der Waals surface area contributed by atoms with E-state index in [9.17, 15) is 0 Å². The van der Waals surface area contributed by atoms with Crippen molar-refractivity contribution in [2.75, 3.05) is 0 Å². The Bertz CT molecular complexity index is 735. The van der Waals surface area contributed by atoms with E-state index in [0.29, 0.717) is 0 Å². The second kappa shape index (κ2) is 3.80. The van der Waals surface area contributed by atoms with Gasteiger partial charge in [0.05, 0.1) is 5.69 Å². The monoisotopic (exact) mass is 243 g/mol. The Labute approximate surface area is 105 Å². The first kappa shape index (κ1) is 11.2. The van der Waals surface area contributed by atoms with Gasteiger partial charge in [-0.3, -0.25) is 4.40 Å². The second-order valence-corrected chi connectivity index (χ2v) is 4.78. The predicted molar refractivity (Wildman–Crippen MR) is 70.8 cm³/mol. The normalized spacial score (nSPS) is 11.8. The van der Waals surface area contributed by atoms with Gasteiger partial charge in [-0.05, 0) is 38.8 Å². The molecule has 3 heterocycles. The third kappa shape index (κ3) is 1.36. The summed E-state index contributed by atoms with van der Waals surface area (Å²) < 4.78 is 4.17. The molecule has 0 N–H and O–H groups in total. The first-order valence-electron chi connectivity index (χ1n) is 6.32. The Morgan fingerprint density at radius 1 is 1.17 bits per heavy atom. The zero-order chi connectivity index (χ0) is 12.9. The summed E-state index contributed by atoms with van der Waals surface area (Å²) in [5.41, 5.74) is 4.30. The lowest BCUT2D eigenvalue weighted by Gasteiger charge is -2.05. The van der Waals surface area contributed by atoms with Crippen molar-refractivity contribution in [1.82, 2.24) is 24.4 Å². The van der Waals surface area contributed by atoms with Gasteiger partial charge in [-0.25, -0.2) is 4.68 Å². The molecule has 94 valence electrons. The fourth-order valence-electron chi connectivity index (χ4n) is 2.63. The van der Waals surface area contributed by atoms with Crippen LogP contribution in [0.3, 0.4) is 0 Å². The average Bonchev–Trinajstić information content (AvgIpc) is 2.82. The van der Waals surface area contributed by atoms with Crippen LogP contribution in [0.1, 0.15) is 30.4 Å². The molecule has 0 aliphatic rings. The highest BCUT2D eigenvalue weighted by Gasteiger charge is 2.15. The summed E-state index contributed by atoms with van der Waals surface area (Å²) in [6, 6.07) is 2.08. The van der Waals surface area contributed by atoms with Crippen LogP contribution >= 0.6 is 0 Å². The quantitative estimate of drug-likeness (QED) is 0.694. The van der Waals surface area contributed by atoms with Crippen LogP contribution in [0.4, 0.5) is 0 Å². The Morgan fingerprint density at radius 2 is 1.94 bits per heavy atom. The molecule has 3 aromatic heterocycles. The molecule has 0 radical (unpaired) electrons. The number of pyridine rings is 1. The molecule has 3 aromatic rings. The molecule has 0 saturated heterocycles. The lowest BCUT2D eigenvalue weighted by Crippen LogP contribution is -2.04. The minimum Gasteiger partial charge on any atom is -0.263 e. The van der Waals surface area contributed by atoms with Crippen molar-refractivity contribution < 1.29 is 0 Å². The van der Waals surface area contributed by atoms with E-state index in [0.717, 1.165) is 35.8 Å². The fourth-order valence-corrected chi connectivity index (χ4v) is 2.63. The molecule has 0 aliphatic heterocycles. The molecule has 0 spiro atoms. The second-order valence-electron chi connectivity index (χ2n) is 4.78. The SMILES string of the molecule is CCCn1nc(C)c2c(C)cc3nnc(C)n3c21. The summed E-state index contributed by atoms with van der Waals surface area (Å²) in [4.78, 5) is 0. The van der Waals surface area contributed by atoms with E-state index in [4.69, 9.17) is 0 Å². The third-order valence-corrected chi connectivity index (χ3v) is 3.34. The predicted octanol–water partition coefficient (Wildman–Crippen LogP) is 2.41. The Kier molecular flexibility index (Phi) is 2.36. The highest BCUT2D eigenvalue weighted by atomic mass is 15.3. The van der Waals surface area contributed by atoms with Gasteiger partial charge < -0.3 is 0 Å². The number of aryl methyl sites for hydroxylation is 4. The maximum Gasteiger partial charge on any atom is 0.162 e. The van der Waals surface area contributed by atoms with Crippen molar-refractivity contribution in [3.8, 4) is 0 Å². The first-order valence-corrected chi connectivity index (χ1v) is 6.32. The van der Waals surface area contributed by atoms with E-state index >= 15 is 0 Å². The van der Waals surface area contributed by atoms with E-state index in [1.165, 1.54) is 10.9 Å². The highest BCUT2D eigenvalue weighted by molar-refractivity contribution is 5.85. The highest BCUT2D eigenvalue weighted by Crippen LogP contribution is 2.24. The van der Waals surface area contributed by atoms with Crippen molar-refractivity contribution in [3.05, 3.63) is 23.1 Å². The number of hydrogen-bond donors (Lipinski definition) is 0. The molecule has 0 aliphatic carbocycles. The minimum atomic E-state index is 0.898. The van der Waals surface area contributed by atoms with Gasteiger partial charge in [-0.1, -0.05) is 6.92 Å². The standard InChI is InChI=1S/C13H17N5/c1-5-6-17-13-12(9(3)16-17)8(2)7-11-15-14-10(4)18(11)13/h7H,5-6H2,1-4H3. The Morgan fingerprint density at radius 3 is 2.67 bits per heavy atom. The van der Waals surface area contributed by atoms with Crippen molar-refractivity contribution in [1.29, 1.82) is 0 Å². The summed E-state index contributed by atoms with van der Waals surface area (Å²) in [6.07, 6.45) is 1.06. The first-order chi connectivity index (χ1) is 8.63. The summed E-state index contributed by atoms with van der Waals surface area (Å²) >= 11 is 0. The maximum absolute atomic E-state index is 4.65. The summed E-state index contributed by atoms with van der Waals surface area (Å²) in [6.45, 7) is 9.23. The molecule has 0 unspecified atom stereocenters. The van der Waals surface area contributed by atoms with E-state index in [1.54, 1.807) is 0 Å². The molecule has 18 heavy (non-hydrogen) atoms. The molecule has 3 rings (SSSR count). The largest absolute Gasteiger partial charge is 0.263 e. The van der Waals surface area contributed by atoms with Crippen LogP contribution in [0.15, 0.2) is 6.07 Å². The molecular weight excluding hydrogens is 226 g/mol. The van der Waals surface area contributed by atoms with Crippen LogP contribution in [-0.4, -0.2) is 24.4 Å². The molecule has 0 fully saturated rings. The zero-order valence-corrected chi connectivity index (χ0v) is 11.2. The van der Waals surface area contributed by atoms with Gasteiger partial charge in [0.15, 0.2) is 5.65 Å². The summed E-state index contributed by atoms with van der Waals surface area (Å²) in [5, 5.41) is 14.3. The number of rotatable bonds is 2. The van der Waals surface area contributed by atoms with Crippen molar-refractivity contribution in [2.45, 2.75) is 40.7 Å². The Balaban J connectivity index is 2.54.